The molecule has 0 aliphatic heterocycles. The van der Waals surface area contributed by atoms with Gasteiger partial charge in [0.05, 0.1) is 39.6 Å². The molecule has 0 atom stereocenters. The van der Waals surface area contributed by atoms with Crippen LogP contribution in [-0.4, -0.2) is 39.6 Å². The van der Waals surface area contributed by atoms with E-state index < -0.39 is 0 Å². The fraction of sp³-hybridized carbons (Fsp3) is 0.400. The second-order valence-electron chi connectivity index (χ2n) is 26.3. The third-order valence-corrected chi connectivity index (χ3v) is 18.9. The normalized spacial score (nSPS) is 11.4. The molecule has 6 heteroatoms. The lowest BCUT2D eigenvalue weighted by atomic mass is 9.82. The van der Waals surface area contributed by atoms with Crippen LogP contribution in [0.2, 0.25) is 0 Å². The minimum atomic E-state index is 0.642. The summed E-state index contributed by atoms with van der Waals surface area (Å²) in [5.74, 6) is 5.26. The van der Waals surface area contributed by atoms with Crippen LogP contribution >= 0.6 is 0 Å². The van der Waals surface area contributed by atoms with Gasteiger partial charge in [-0.05, 0) is 177 Å². The van der Waals surface area contributed by atoms with Crippen molar-refractivity contribution in [3.8, 4) is 101 Å². The summed E-state index contributed by atoms with van der Waals surface area (Å²) < 4.78 is 41.7. The number of unbranched alkanes of at least 4 members (excludes halogenated alkanes) is 18. The molecule has 504 valence electrons. The van der Waals surface area contributed by atoms with Crippen LogP contribution in [0.4, 0.5) is 0 Å². The molecule has 0 aliphatic rings. The van der Waals surface area contributed by atoms with Crippen molar-refractivity contribution >= 4 is 32.3 Å². The first kappa shape index (κ1) is 70.6. The van der Waals surface area contributed by atoms with E-state index >= 15 is 0 Å². The summed E-state index contributed by atoms with van der Waals surface area (Å²) in [6.07, 6.45) is 26.9. The van der Waals surface area contributed by atoms with Gasteiger partial charge in [0.15, 0.2) is 0 Å². The van der Waals surface area contributed by atoms with Crippen LogP contribution in [0.5, 0.6) is 34.5 Å². The molecule has 0 saturated carbocycles. The van der Waals surface area contributed by atoms with E-state index in [1.165, 1.54) is 77.0 Å². The van der Waals surface area contributed by atoms with Crippen LogP contribution < -0.4 is 28.4 Å². The summed E-state index contributed by atoms with van der Waals surface area (Å²) >= 11 is 0. The average Bonchev–Trinajstić information content (AvgIpc) is 0.712. The Hall–Kier alpha value is -8.22. The number of rotatable bonds is 42. The predicted molar refractivity (Wildman–Crippen MR) is 409 cm³/mol. The van der Waals surface area contributed by atoms with Gasteiger partial charge in [-0.3, -0.25) is 0 Å². The highest BCUT2D eigenvalue weighted by Gasteiger charge is 2.26. The van der Waals surface area contributed by atoms with Crippen molar-refractivity contribution in [2.45, 2.75) is 196 Å². The molecule has 0 unspecified atom stereocenters. The molecule has 10 rings (SSSR count). The first-order valence-corrected chi connectivity index (χ1v) is 37.4. The summed E-state index contributed by atoms with van der Waals surface area (Å²) in [6.45, 7) is 17.4. The zero-order valence-electron chi connectivity index (χ0n) is 59.0. The first-order valence-electron chi connectivity index (χ1n) is 37.4. The lowest BCUT2D eigenvalue weighted by Gasteiger charge is -2.23. The molecule has 0 fully saturated rings. The van der Waals surface area contributed by atoms with E-state index in [9.17, 15) is 0 Å². The monoisotopic (exact) mass is 1280 g/mol. The molecule has 0 heterocycles. The van der Waals surface area contributed by atoms with E-state index in [4.69, 9.17) is 28.4 Å². The van der Waals surface area contributed by atoms with Crippen LogP contribution in [-0.2, 0) is 0 Å². The van der Waals surface area contributed by atoms with Gasteiger partial charge in [-0.1, -0.05) is 266 Å². The Labute approximate surface area is 576 Å². The van der Waals surface area contributed by atoms with Crippen molar-refractivity contribution in [2.75, 3.05) is 39.6 Å². The molecule has 0 aliphatic carbocycles. The molecular weight excluding hydrogens is 1180 g/mol. The van der Waals surface area contributed by atoms with Crippen LogP contribution in [0.1, 0.15) is 196 Å². The van der Waals surface area contributed by atoms with Crippen LogP contribution in [0.15, 0.2) is 182 Å². The molecule has 0 radical (unpaired) electrons. The summed E-state index contributed by atoms with van der Waals surface area (Å²) in [5, 5.41) is 6.80. The van der Waals surface area contributed by atoms with Gasteiger partial charge in [-0.15, -0.1) is 0 Å². The van der Waals surface area contributed by atoms with Crippen LogP contribution in [0, 0.1) is 0 Å². The number of hydrogen-bond acceptors (Lipinski definition) is 6. The van der Waals surface area contributed by atoms with Gasteiger partial charge < -0.3 is 28.4 Å². The topological polar surface area (TPSA) is 55.4 Å². The fourth-order valence-electron chi connectivity index (χ4n) is 13.6. The molecule has 0 N–H and O–H groups in total. The summed E-state index contributed by atoms with van der Waals surface area (Å²) in [7, 11) is 0. The van der Waals surface area contributed by atoms with Gasteiger partial charge in [0.1, 0.15) is 34.5 Å². The van der Waals surface area contributed by atoms with Crippen molar-refractivity contribution in [1.29, 1.82) is 0 Å². The molecule has 0 saturated heterocycles. The van der Waals surface area contributed by atoms with Crippen LogP contribution in [0.25, 0.3) is 99.1 Å². The Morgan fingerprint density at radius 2 is 0.312 bits per heavy atom. The van der Waals surface area contributed by atoms with E-state index in [0.717, 1.165) is 211 Å². The highest BCUT2D eigenvalue weighted by Crippen LogP contribution is 2.52. The Balaban J connectivity index is 1.36. The van der Waals surface area contributed by atoms with E-state index in [1.807, 2.05) is 0 Å². The minimum Gasteiger partial charge on any atom is -0.493 e. The van der Waals surface area contributed by atoms with Crippen LogP contribution in [0.3, 0.4) is 0 Å². The van der Waals surface area contributed by atoms with Gasteiger partial charge in [-0.25, -0.2) is 0 Å². The summed E-state index contributed by atoms with van der Waals surface area (Å²) in [4.78, 5) is 0. The number of para-hydroxylation sites is 6. The van der Waals surface area contributed by atoms with E-state index in [1.54, 1.807) is 0 Å². The molecule has 0 spiro atoms. The molecule has 10 aromatic rings. The van der Waals surface area contributed by atoms with E-state index in [-0.39, 0.29) is 0 Å². The second kappa shape index (κ2) is 37.9. The molecule has 0 aromatic heterocycles. The molecule has 6 nitrogen and oxygen atoms in total. The molecular formula is C90H108O6. The average molecular weight is 1290 g/mol. The number of ether oxygens (including phenoxy) is 6. The highest BCUT2D eigenvalue weighted by atomic mass is 16.5. The van der Waals surface area contributed by atoms with Crippen molar-refractivity contribution in [2.24, 2.45) is 0 Å². The summed E-state index contributed by atoms with van der Waals surface area (Å²) in [6, 6.07) is 67.1. The first-order chi connectivity index (χ1) is 47.5. The highest BCUT2D eigenvalue weighted by molar-refractivity contribution is 6.29. The van der Waals surface area contributed by atoms with E-state index in [0.29, 0.717) is 39.6 Å². The molecule has 0 amide bonds. The van der Waals surface area contributed by atoms with Crippen molar-refractivity contribution in [1.82, 2.24) is 0 Å². The summed E-state index contributed by atoms with van der Waals surface area (Å²) in [5.41, 5.74) is 12.8. The maximum atomic E-state index is 6.95. The van der Waals surface area contributed by atoms with Gasteiger partial charge in [0.25, 0.3) is 0 Å². The standard InChI is InChI=1S/C90H108O6/c1-7-13-19-37-55-91-85-49-31-25-43-67(85)73-61-79-80(62-74(73)68-44-26-32-50-86(68)92-56-38-20-14-8-2)82-64-76(70-46-28-34-52-88(70)94-58-40-22-16-10-4)78(72-48-30-36-54-90(72)96-60-42-24-18-12-6)66-84(82)83-65-77(71-47-29-35-53-89(71)95-59-41-23-17-11-5)75(63-81(79)83)69-45-27-33-51-87(69)93-57-39-21-15-9-3/h25-36,43-54,61-66H,7-24,37-42,55-60H2,1-6H3. The third kappa shape index (κ3) is 18.3. The Morgan fingerprint density at radius 1 is 0.167 bits per heavy atom. The molecule has 10 aromatic carbocycles. The van der Waals surface area contributed by atoms with Gasteiger partial charge in [-0.2, -0.15) is 0 Å². The minimum absolute atomic E-state index is 0.642. The van der Waals surface area contributed by atoms with Crippen molar-refractivity contribution < 1.29 is 28.4 Å². The van der Waals surface area contributed by atoms with Gasteiger partial charge in [0.2, 0.25) is 0 Å². The maximum absolute atomic E-state index is 6.95. The number of hydrogen-bond donors (Lipinski definition) is 0. The maximum Gasteiger partial charge on any atom is 0.127 e. The third-order valence-electron chi connectivity index (χ3n) is 18.9. The second-order valence-corrected chi connectivity index (χ2v) is 26.3. The van der Waals surface area contributed by atoms with Gasteiger partial charge >= 0.3 is 0 Å². The predicted octanol–water partition coefficient (Wildman–Crippen LogP) is 26.9. The number of fused-ring (bicyclic) bond motifs is 6. The van der Waals surface area contributed by atoms with Crippen molar-refractivity contribution in [3.05, 3.63) is 182 Å². The zero-order chi connectivity index (χ0) is 66.5. The van der Waals surface area contributed by atoms with E-state index in [2.05, 4.69) is 224 Å². The zero-order valence-corrected chi connectivity index (χ0v) is 59.0. The Morgan fingerprint density at radius 3 is 0.458 bits per heavy atom. The Bertz CT molecular complexity index is 3330. The SMILES string of the molecule is CCCCCCOc1ccccc1-c1cc2c3cc(-c4ccccc4OCCCCCC)c(-c4ccccc4OCCCCCC)cc3c3cc(-c4ccccc4OCCCCCC)c(-c4ccccc4OCCCCCC)cc3c2cc1-c1ccccc1OCCCCCC. The molecule has 96 heavy (non-hydrogen) atoms. The lowest BCUT2D eigenvalue weighted by Crippen LogP contribution is -2.02. The number of benzene rings is 10. The fourth-order valence-corrected chi connectivity index (χ4v) is 13.6. The molecule has 0 bridgehead atoms. The van der Waals surface area contributed by atoms with Gasteiger partial charge in [0, 0.05) is 33.4 Å². The largest absolute Gasteiger partial charge is 0.493 e. The lowest BCUT2D eigenvalue weighted by molar-refractivity contribution is 0.306. The smallest absolute Gasteiger partial charge is 0.127 e. The van der Waals surface area contributed by atoms with Crippen molar-refractivity contribution in [3.63, 3.8) is 0 Å². The quantitative estimate of drug-likeness (QED) is 0.0281. The Kier molecular flexibility index (Phi) is 27.9.